The topological polar surface area (TPSA) is 12.0 Å². The highest BCUT2D eigenvalue weighted by atomic mass is 15.0. The summed E-state index contributed by atoms with van der Waals surface area (Å²) < 4.78 is 0. The van der Waals surface area contributed by atoms with Gasteiger partial charge in [-0.3, -0.25) is 0 Å². The number of allylic oxidation sites excluding steroid dienone is 1. The molecule has 0 amide bonds. The quantitative estimate of drug-likeness (QED) is 0.585. The summed E-state index contributed by atoms with van der Waals surface area (Å²) in [7, 11) is 0. The average Bonchev–Trinajstić information content (AvgIpc) is 2.06. The van der Waals surface area contributed by atoms with Crippen LogP contribution in [0, 0.1) is 10.8 Å². The van der Waals surface area contributed by atoms with Gasteiger partial charge in [-0.2, -0.15) is 0 Å². The van der Waals surface area contributed by atoms with E-state index in [1.165, 1.54) is 12.1 Å². The summed E-state index contributed by atoms with van der Waals surface area (Å²) in [5, 5.41) is 3.49. The molecule has 0 spiro atoms. The third kappa shape index (κ3) is 1.65. The molecule has 1 nitrogen and oxygen atoms in total. The molecule has 1 aliphatic heterocycles. The second-order valence-electron chi connectivity index (χ2n) is 5.63. The fourth-order valence-electron chi connectivity index (χ4n) is 1.61. The summed E-state index contributed by atoms with van der Waals surface area (Å²) >= 11 is 0. The molecular formula is C11H21N. The highest BCUT2D eigenvalue weighted by molar-refractivity contribution is 5.15. The number of rotatable bonds is 0. The van der Waals surface area contributed by atoms with Crippen molar-refractivity contribution in [2.75, 3.05) is 0 Å². The van der Waals surface area contributed by atoms with E-state index < -0.39 is 0 Å². The maximum Gasteiger partial charge on any atom is 0.0315 e. The zero-order chi connectivity index (χ0) is 9.57. The van der Waals surface area contributed by atoms with Crippen molar-refractivity contribution < 1.29 is 0 Å². The first-order chi connectivity index (χ1) is 5.23. The van der Waals surface area contributed by atoms with Gasteiger partial charge in [0, 0.05) is 17.2 Å². The minimum Gasteiger partial charge on any atom is -0.385 e. The molecule has 0 aromatic heterocycles. The molecule has 0 aromatic rings. The molecule has 1 saturated heterocycles. The van der Waals surface area contributed by atoms with Crippen LogP contribution in [0.4, 0.5) is 0 Å². The Morgan fingerprint density at radius 2 is 1.92 bits per heavy atom. The SMILES string of the molecule is C=C1NC(C(C)(C)C)CC1(C)C. The minimum absolute atomic E-state index is 0.276. The normalized spacial score (nSPS) is 28.8. The van der Waals surface area contributed by atoms with Gasteiger partial charge >= 0.3 is 0 Å². The van der Waals surface area contributed by atoms with Gasteiger partial charge in [-0.1, -0.05) is 41.2 Å². The molecule has 0 radical (unpaired) electrons. The van der Waals surface area contributed by atoms with Gasteiger partial charge in [-0.25, -0.2) is 0 Å². The lowest BCUT2D eigenvalue weighted by molar-refractivity contribution is 0.276. The van der Waals surface area contributed by atoms with E-state index >= 15 is 0 Å². The third-order valence-electron chi connectivity index (χ3n) is 2.93. The molecule has 1 heterocycles. The maximum absolute atomic E-state index is 4.06. The Morgan fingerprint density at radius 1 is 1.42 bits per heavy atom. The summed E-state index contributed by atoms with van der Waals surface area (Å²) in [6.07, 6.45) is 1.20. The summed E-state index contributed by atoms with van der Waals surface area (Å²) in [5.41, 5.74) is 1.82. The predicted octanol–water partition coefficient (Wildman–Crippen LogP) is 2.93. The van der Waals surface area contributed by atoms with E-state index in [9.17, 15) is 0 Å². The molecule has 1 aliphatic rings. The van der Waals surface area contributed by atoms with Crippen LogP contribution < -0.4 is 5.32 Å². The van der Waals surface area contributed by atoms with Gasteiger partial charge in [0.2, 0.25) is 0 Å². The van der Waals surface area contributed by atoms with E-state index in [0.717, 1.165) is 0 Å². The zero-order valence-electron chi connectivity index (χ0n) is 8.99. The Morgan fingerprint density at radius 3 is 2.08 bits per heavy atom. The summed E-state index contributed by atoms with van der Waals surface area (Å²) in [4.78, 5) is 0. The Hall–Kier alpha value is -0.460. The molecular weight excluding hydrogens is 146 g/mol. The van der Waals surface area contributed by atoms with E-state index in [0.29, 0.717) is 11.5 Å². The molecule has 12 heavy (non-hydrogen) atoms. The lowest BCUT2D eigenvalue weighted by Crippen LogP contribution is -2.34. The molecule has 0 saturated carbocycles. The van der Waals surface area contributed by atoms with Crippen molar-refractivity contribution in [3.8, 4) is 0 Å². The lowest BCUT2D eigenvalue weighted by atomic mass is 9.80. The third-order valence-corrected chi connectivity index (χ3v) is 2.93. The van der Waals surface area contributed by atoms with Crippen LogP contribution in [-0.4, -0.2) is 6.04 Å². The van der Waals surface area contributed by atoms with Gasteiger partial charge in [0.25, 0.3) is 0 Å². The number of hydrogen-bond acceptors (Lipinski definition) is 1. The predicted molar refractivity (Wildman–Crippen MR) is 53.9 cm³/mol. The molecule has 1 heteroatoms. The fraction of sp³-hybridized carbons (Fsp3) is 0.818. The smallest absolute Gasteiger partial charge is 0.0315 e. The molecule has 1 atom stereocenters. The van der Waals surface area contributed by atoms with Crippen molar-refractivity contribution in [1.82, 2.24) is 5.32 Å². The second kappa shape index (κ2) is 2.51. The summed E-state index contributed by atoms with van der Waals surface area (Å²) in [6.45, 7) is 15.4. The molecule has 0 bridgehead atoms. The van der Waals surface area contributed by atoms with E-state index in [4.69, 9.17) is 0 Å². The van der Waals surface area contributed by atoms with Gasteiger partial charge in [0.1, 0.15) is 0 Å². The number of hydrogen-bond donors (Lipinski definition) is 1. The molecule has 1 fully saturated rings. The van der Waals surface area contributed by atoms with Crippen LogP contribution in [0.5, 0.6) is 0 Å². The fourth-order valence-corrected chi connectivity index (χ4v) is 1.61. The molecule has 1 unspecified atom stereocenters. The average molecular weight is 167 g/mol. The molecule has 1 N–H and O–H groups in total. The van der Waals surface area contributed by atoms with Crippen LogP contribution in [0.3, 0.4) is 0 Å². The molecule has 0 aliphatic carbocycles. The van der Waals surface area contributed by atoms with E-state index in [2.05, 4.69) is 46.5 Å². The van der Waals surface area contributed by atoms with E-state index in [1.807, 2.05) is 0 Å². The minimum atomic E-state index is 0.276. The molecule has 1 rings (SSSR count). The standard InChI is InChI=1S/C11H21N/c1-8-11(5,6)7-9(12-8)10(2,3)4/h9,12H,1,7H2,2-6H3. The van der Waals surface area contributed by atoms with Crippen LogP contribution >= 0.6 is 0 Å². The highest BCUT2D eigenvalue weighted by Gasteiger charge is 2.39. The summed E-state index contributed by atoms with van der Waals surface area (Å²) in [5.74, 6) is 0. The van der Waals surface area contributed by atoms with Crippen molar-refractivity contribution in [3.63, 3.8) is 0 Å². The first-order valence-electron chi connectivity index (χ1n) is 4.69. The van der Waals surface area contributed by atoms with Crippen molar-refractivity contribution in [1.29, 1.82) is 0 Å². The van der Waals surface area contributed by atoms with Crippen molar-refractivity contribution in [2.45, 2.75) is 47.1 Å². The van der Waals surface area contributed by atoms with Crippen molar-refractivity contribution >= 4 is 0 Å². The van der Waals surface area contributed by atoms with Crippen molar-refractivity contribution in [3.05, 3.63) is 12.3 Å². The van der Waals surface area contributed by atoms with Crippen LogP contribution in [0.2, 0.25) is 0 Å². The Kier molecular flexibility index (Phi) is 2.02. The molecule has 70 valence electrons. The van der Waals surface area contributed by atoms with Gasteiger partial charge < -0.3 is 5.32 Å². The molecule has 0 aromatic carbocycles. The Balaban J connectivity index is 2.74. The van der Waals surface area contributed by atoms with Crippen LogP contribution in [0.25, 0.3) is 0 Å². The zero-order valence-corrected chi connectivity index (χ0v) is 8.99. The first kappa shape index (κ1) is 9.63. The monoisotopic (exact) mass is 167 g/mol. The van der Waals surface area contributed by atoms with Crippen LogP contribution in [-0.2, 0) is 0 Å². The van der Waals surface area contributed by atoms with Crippen molar-refractivity contribution in [2.24, 2.45) is 10.8 Å². The van der Waals surface area contributed by atoms with Gasteiger partial charge in [0.15, 0.2) is 0 Å². The van der Waals surface area contributed by atoms with Gasteiger partial charge in [0.05, 0.1) is 0 Å². The number of nitrogens with one attached hydrogen (secondary N) is 1. The van der Waals surface area contributed by atoms with Gasteiger partial charge in [-0.15, -0.1) is 0 Å². The van der Waals surface area contributed by atoms with E-state index in [1.54, 1.807) is 0 Å². The Bertz CT molecular complexity index is 196. The lowest BCUT2D eigenvalue weighted by Gasteiger charge is -2.27. The largest absolute Gasteiger partial charge is 0.385 e. The first-order valence-corrected chi connectivity index (χ1v) is 4.69. The van der Waals surface area contributed by atoms with Crippen LogP contribution in [0.1, 0.15) is 41.0 Å². The van der Waals surface area contributed by atoms with E-state index in [-0.39, 0.29) is 5.41 Å². The van der Waals surface area contributed by atoms with Crippen LogP contribution in [0.15, 0.2) is 12.3 Å². The van der Waals surface area contributed by atoms with Gasteiger partial charge in [-0.05, 0) is 11.8 Å². The highest BCUT2D eigenvalue weighted by Crippen LogP contribution is 2.40. The Labute approximate surface area is 76.2 Å². The maximum atomic E-state index is 4.06. The second-order valence-corrected chi connectivity index (χ2v) is 5.63. The summed E-state index contributed by atoms with van der Waals surface area (Å²) in [6, 6.07) is 0.583.